The standard InChI is InChI=1S/C15H16N2O2/c1-2-6-11-7-5-10-14(19)15(11)17-16-12-8-3-4-9-13(12)18/h3-5,7-10,18-19H,2,6H2,1H3. The van der Waals surface area contributed by atoms with Gasteiger partial charge in [-0.2, -0.15) is 0 Å². The highest BCUT2D eigenvalue weighted by atomic mass is 16.3. The summed E-state index contributed by atoms with van der Waals surface area (Å²) in [5.74, 6) is 0.170. The van der Waals surface area contributed by atoms with Crippen molar-refractivity contribution in [2.75, 3.05) is 0 Å². The molecule has 2 rings (SSSR count). The van der Waals surface area contributed by atoms with E-state index in [4.69, 9.17) is 0 Å². The molecular weight excluding hydrogens is 240 g/mol. The first-order valence-corrected chi connectivity index (χ1v) is 6.23. The molecule has 0 aliphatic carbocycles. The molecule has 0 radical (unpaired) electrons. The molecule has 0 spiro atoms. The first-order valence-electron chi connectivity index (χ1n) is 6.23. The van der Waals surface area contributed by atoms with Crippen molar-refractivity contribution in [3.8, 4) is 11.5 Å². The molecule has 4 heteroatoms. The van der Waals surface area contributed by atoms with Crippen molar-refractivity contribution >= 4 is 11.4 Å². The van der Waals surface area contributed by atoms with Crippen molar-refractivity contribution < 1.29 is 10.2 Å². The van der Waals surface area contributed by atoms with Crippen LogP contribution in [0.2, 0.25) is 0 Å². The Hall–Kier alpha value is -2.36. The summed E-state index contributed by atoms with van der Waals surface area (Å²) in [7, 11) is 0. The van der Waals surface area contributed by atoms with Crippen LogP contribution in [0.5, 0.6) is 11.5 Å². The Bertz CT molecular complexity index is 594. The van der Waals surface area contributed by atoms with Gasteiger partial charge in [-0.05, 0) is 30.2 Å². The number of hydrogen-bond acceptors (Lipinski definition) is 4. The third kappa shape index (κ3) is 3.10. The van der Waals surface area contributed by atoms with Gasteiger partial charge >= 0.3 is 0 Å². The first-order chi connectivity index (χ1) is 9.22. The van der Waals surface area contributed by atoms with E-state index < -0.39 is 0 Å². The summed E-state index contributed by atoms with van der Waals surface area (Å²) in [6.07, 6.45) is 1.78. The summed E-state index contributed by atoms with van der Waals surface area (Å²) in [6, 6.07) is 12.0. The third-order valence-corrected chi connectivity index (χ3v) is 2.76. The molecule has 0 fully saturated rings. The van der Waals surface area contributed by atoms with E-state index >= 15 is 0 Å². The van der Waals surface area contributed by atoms with Crippen LogP contribution >= 0.6 is 0 Å². The molecule has 0 aliphatic heterocycles. The lowest BCUT2D eigenvalue weighted by Gasteiger charge is -2.05. The van der Waals surface area contributed by atoms with Crippen LogP contribution in [0.3, 0.4) is 0 Å². The molecule has 2 aromatic carbocycles. The van der Waals surface area contributed by atoms with E-state index in [0.29, 0.717) is 11.4 Å². The number of rotatable bonds is 4. The van der Waals surface area contributed by atoms with Gasteiger partial charge in [0.1, 0.15) is 22.9 Å². The highest BCUT2D eigenvalue weighted by Crippen LogP contribution is 2.34. The Labute approximate surface area is 112 Å². The van der Waals surface area contributed by atoms with Gasteiger partial charge in [-0.1, -0.05) is 37.6 Å². The molecule has 0 atom stereocenters. The van der Waals surface area contributed by atoms with Gasteiger partial charge in [0.15, 0.2) is 0 Å². The topological polar surface area (TPSA) is 65.2 Å². The van der Waals surface area contributed by atoms with E-state index in [1.807, 2.05) is 6.07 Å². The molecule has 98 valence electrons. The number of aryl methyl sites for hydroxylation is 1. The SMILES string of the molecule is CCCc1cccc(O)c1N=Nc1ccccc1O. The lowest BCUT2D eigenvalue weighted by Crippen LogP contribution is -1.83. The van der Waals surface area contributed by atoms with Crippen LogP contribution in [0.15, 0.2) is 52.7 Å². The summed E-state index contributed by atoms with van der Waals surface area (Å²) < 4.78 is 0. The summed E-state index contributed by atoms with van der Waals surface area (Å²) in [4.78, 5) is 0. The summed E-state index contributed by atoms with van der Waals surface area (Å²) in [5.41, 5.74) is 1.79. The smallest absolute Gasteiger partial charge is 0.143 e. The van der Waals surface area contributed by atoms with Crippen LogP contribution < -0.4 is 0 Å². The second-order valence-corrected chi connectivity index (χ2v) is 4.22. The maximum Gasteiger partial charge on any atom is 0.143 e. The van der Waals surface area contributed by atoms with Gasteiger partial charge in [-0.15, -0.1) is 10.2 Å². The fourth-order valence-corrected chi connectivity index (χ4v) is 1.82. The van der Waals surface area contributed by atoms with E-state index in [1.54, 1.807) is 36.4 Å². The Morgan fingerprint density at radius 1 is 0.895 bits per heavy atom. The van der Waals surface area contributed by atoms with Crippen LogP contribution in [0.25, 0.3) is 0 Å². The van der Waals surface area contributed by atoms with Gasteiger partial charge in [0.25, 0.3) is 0 Å². The average Bonchev–Trinajstić information content (AvgIpc) is 2.40. The second-order valence-electron chi connectivity index (χ2n) is 4.22. The minimum Gasteiger partial charge on any atom is -0.506 e. The average molecular weight is 256 g/mol. The predicted molar refractivity (Wildman–Crippen MR) is 74.4 cm³/mol. The zero-order valence-corrected chi connectivity index (χ0v) is 10.7. The molecule has 0 saturated heterocycles. The molecule has 0 bridgehead atoms. The maximum atomic E-state index is 9.85. The normalized spacial score (nSPS) is 11.0. The fourth-order valence-electron chi connectivity index (χ4n) is 1.82. The highest BCUT2D eigenvalue weighted by molar-refractivity contribution is 5.57. The zero-order chi connectivity index (χ0) is 13.7. The lowest BCUT2D eigenvalue weighted by atomic mass is 10.1. The van der Waals surface area contributed by atoms with Crippen LogP contribution in [-0.4, -0.2) is 10.2 Å². The minimum atomic E-state index is 0.0683. The number of benzene rings is 2. The van der Waals surface area contributed by atoms with Gasteiger partial charge in [-0.25, -0.2) is 0 Å². The quantitative estimate of drug-likeness (QED) is 0.793. The molecule has 0 aromatic heterocycles. The molecular formula is C15H16N2O2. The number of hydrogen-bond donors (Lipinski definition) is 2. The summed E-state index contributed by atoms with van der Waals surface area (Å²) in [5, 5.41) is 27.5. The molecule has 0 saturated carbocycles. The Morgan fingerprint density at radius 3 is 2.37 bits per heavy atom. The van der Waals surface area contributed by atoms with Gasteiger partial charge in [0.05, 0.1) is 0 Å². The number of azo groups is 1. The van der Waals surface area contributed by atoms with Crippen molar-refractivity contribution in [2.24, 2.45) is 10.2 Å². The van der Waals surface area contributed by atoms with Crippen LogP contribution in [0.4, 0.5) is 11.4 Å². The molecule has 0 unspecified atom stereocenters. The number of para-hydroxylation sites is 1. The highest BCUT2D eigenvalue weighted by Gasteiger charge is 2.06. The van der Waals surface area contributed by atoms with Crippen LogP contribution in [-0.2, 0) is 6.42 Å². The summed E-state index contributed by atoms with van der Waals surface area (Å²) in [6.45, 7) is 2.06. The molecule has 2 aromatic rings. The Kier molecular flexibility index (Phi) is 4.13. The molecule has 4 nitrogen and oxygen atoms in total. The third-order valence-electron chi connectivity index (χ3n) is 2.76. The Morgan fingerprint density at radius 2 is 1.63 bits per heavy atom. The monoisotopic (exact) mass is 256 g/mol. The largest absolute Gasteiger partial charge is 0.506 e. The van der Waals surface area contributed by atoms with E-state index in [9.17, 15) is 10.2 Å². The van der Waals surface area contributed by atoms with E-state index in [-0.39, 0.29) is 11.5 Å². The van der Waals surface area contributed by atoms with E-state index in [1.165, 1.54) is 0 Å². The van der Waals surface area contributed by atoms with Crippen LogP contribution in [0, 0.1) is 0 Å². The van der Waals surface area contributed by atoms with E-state index in [0.717, 1.165) is 18.4 Å². The van der Waals surface area contributed by atoms with E-state index in [2.05, 4.69) is 17.2 Å². The van der Waals surface area contributed by atoms with Crippen molar-refractivity contribution in [1.82, 2.24) is 0 Å². The van der Waals surface area contributed by atoms with Gasteiger partial charge in [0.2, 0.25) is 0 Å². The number of phenols is 2. The Balaban J connectivity index is 2.35. The summed E-state index contributed by atoms with van der Waals surface area (Å²) >= 11 is 0. The van der Waals surface area contributed by atoms with Gasteiger partial charge in [-0.3, -0.25) is 0 Å². The number of phenolic OH excluding ortho intramolecular Hbond substituents is 2. The van der Waals surface area contributed by atoms with Crippen molar-refractivity contribution in [3.05, 3.63) is 48.0 Å². The molecule has 0 heterocycles. The van der Waals surface area contributed by atoms with Crippen molar-refractivity contribution in [2.45, 2.75) is 19.8 Å². The molecule has 19 heavy (non-hydrogen) atoms. The maximum absolute atomic E-state index is 9.85. The lowest BCUT2D eigenvalue weighted by molar-refractivity contribution is 0.473. The number of aromatic hydroxyl groups is 2. The molecule has 2 N–H and O–H groups in total. The van der Waals surface area contributed by atoms with Gasteiger partial charge in [0, 0.05) is 0 Å². The zero-order valence-electron chi connectivity index (χ0n) is 10.7. The first kappa shape index (κ1) is 13.1. The predicted octanol–water partition coefficient (Wildman–Crippen LogP) is 4.47. The molecule has 0 aliphatic rings. The van der Waals surface area contributed by atoms with Gasteiger partial charge < -0.3 is 10.2 Å². The van der Waals surface area contributed by atoms with Crippen molar-refractivity contribution in [1.29, 1.82) is 0 Å². The minimum absolute atomic E-state index is 0.0683. The van der Waals surface area contributed by atoms with Crippen LogP contribution in [0.1, 0.15) is 18.9 Å². The molecule has 0 amide bonds. The van der Waals surface area contributed by atoms with Crippen molar-refractivity contribution in [3.63, 3.8) is 0 Å². The second kappa shape index (κ2) is 6.00. The fraction of sp³-hybridized carbons (Fsp3) is 0.200. The number of nitrogens with zero attached hydrogens (tertiary/aromatic N) is 2.